The highest BCUT2D eigenvalue weighted by Crippen LogP contribution is 2.28. The van der Waals surface area contributed by atoms with E-state index < -0.39 is 5.97 Å². The summed E-state index contributed by atoms with van der Waals surface area (Å²) >= 11 is 0. The molecule has 3 rings (SSSR count). The Morgan fingerprint density at radius 1 is 1.26 bits per heavy atom. The van der Waals surface area contributed by atoms with Gasteiger partial charge in [-0.1, -0.05) is 18.2 Å². The minimum Gasteiger partial charge on any atom is -0.461 e. The average molecular weight is 373 g/mol. The van der Waals surface area contributed by atoms with E-state index in [-0.39, 0.29) is 30.4 Å². The molecule has 27 heavy (non-hydrogen) atoms. The molecule has 2 heterocycles. The molecule has 0 spiro atoms. The summed E-state index contributed by atoms with van der Waals surface area (Å²) < 4.78 is 10.8. The van der Waals surface area contributed by atoms with Gasteiger partial charge in [0.25, 0.3) is 0 Å². The third-order valence-electron chi connectivity index (χ3n) is 4.60. The molecule has 7 nitrogen and oxygen atoms in total. The Balaban J connectivity index is 1.70. The molecule has 1 fully saturated rings. The zero-order valence-electron chi connectivity index (χ0n) is 16.1. The fraction of sp³-hybridized carbons (Fsp3) is 0.500. The van der Waals surface area contributed by atoms with Crippen molar-refractivity contribution in [2.75, 3.05) is 31.6 Å². The van der Waals surface area contributed by atoms with E-state index in [0.717, 1.165) is 24.0 Å². The molecule has 146 valence electrons. The Morgan fingerprint density at radius 2 is 1.96 bits per heavy atom. The summed E-state index contributed by atoms with van der Waals surface area (Å²) in [5.74, 6) is -0.600. The fourth-order valence-corrected chi connectivity index (χ4v) is 3.56. The van der Waals surface area contributed by atoms with Gasteiger partial charge < -0.3 is 19.8 Å². The fourth-order valence-electron chi connectivity index (χ4n) is 3.56. The van der Waals surface area contributed by atoms with E-state index in [0.29, 0.717) is 18.7 Å². The van der Waals surface area contributed by atoms with Gasteiger partial charge in [0.05, 0.1) is 24.5 Å². The number of carbonyl (C=O) groups is 2. The van der Waals surface area contributed by atoms with Gasteiger partial charge in [0, 0.05) is 37.0 Å². The van der Waals surface area contributed by atoms with E-state index in [1.807, 2.05) is 38.1 Å². The number of amides is 1. The molecule has 1 aromatic carbocycles. The van der Waals surface area contributed by atoms with Crippen LogP contribution in [-0.2, 0) is 14.3 Å². The van der Waals surface area contributed by atoms with Crippen LogP contribution in [0.15, 0.2) is 24.3 Å². The number of carbonyl (C=O) groups excluding carboxylic acids is 2. The second-order valence-corrected chi connectivity index (χ2v) is 6.96. The first-order valence-corrected chi connectivity index (χ1v) is 9.43. The normalized spacial score (nSPS) is 20.6. The second-order valence-electron chi connectivity index (χ2n) is 6.96. The monoisotopic (exact) mass is 373 g/mol. The molecule has 2 aromatic rings. The molecule has 0 radical (unpaired) electrons. The minimum atomic E-state index is -0.472. The summed E-state index contributed by atoms with van der Waals surface area (Å²) in [6.45, 7) is 8.40. The Hall–Kier alpha value is -2.38. The van der Waals surface area contributed by atoms with Crippen molar-refractivity contribution in [3.05, 3.63) is 30.0 Å². The molecular formula is C20H27N3O4. The third-order valence-corrected chi connectivity index (χ3v) is 4.60. The number of aromatic nitrogens is 1. The molecule has 0 saturated carbocycles. The van der Waals surface area contributed by atoms with E-state index in [1.54, 1.807) is 6.92 Å². The standard InChI is InChI=1S/C20H27N3O4/c1-4-26-20(25)19-18(15-7-5-6-8-16(15)21-19)22-17(24)9-10-23-11-13(2)27-14(3)12-23/h5-8,13-14,21H,4,9-12H2,1-3H3,(H,22,24)/t13-,14+. The topological polar surface area (TPSA) is 83.7 Å². The first-order chi connectivity index (χ1) is 13.0. The summed E-state index contributed by atoms with van der Waals surface area (Å²) in [5, 5.41) is 3.70. The van der Waals surface area contributed by atoms with Crippen LogP contribution in [0.25, 0.3) is 10.9 Å². The lowest BCUT2D eigenvalue weighted by Crippen LogP contribution is -2.46. The minimum absolute atomic E-state index is 0.128. The number of morpholine rings is 1. The molecule has 2 atom stereocenters. The largest absolute Gasteiger partial charge is 0.461 e. The van der Waals surface area contributed by atoms with Gasteiger partial charge >= 0.3 is 5.97 Å². The van der Waals surface area contributed by atoms with Crippen molar-refractivity contribution in [3.8, 4) is 0 Å². The number of hydrogen-bond acceptors (Lipinski definition) is 5. The Bertz CT molecular complexity index is 807. The Morgan fingerprint density at radius 3 is 2.67 bits per heavy atom. The van der Waals surface area contributed by atoms with Gasteiger partial charge in [0.15, 0.2) is 0 Å². The lowest BCUT2D eigenvalue weighted by Gasteiger charge is -2.35. The highest BCUT2D eigenvalue weighted by atomic mass is 16.5. The average Bonchev–Trinajstić information content (AvgIpc) is 2.98. The summed E-state index contributed by atoms with van der Waals surface area (Å²) in [6.07, 6.45) is 0.683. The lowest BCUT2D eigenvalue weighted by molar-refractivity contribution is -0.117. The molecule has 1 aromatic heterocycles. The van der Waals surface area contributed by atoms with Crippen molar-refractivity contribution in [2.24, 2.45) is 0 Å². The van der Waals surface area contributed by atoms with Crippen LogP contribution in [0.3, 0.4) is 0 Å². The quantitative estimate of drug-likeness (QED) is 0.761. The van der Waals surface area contributed by atoms with Crippen molar-refractivity contribution in [1.29, 1.82) is 0 Å². The van der Waals surface area contributed by atoms with Crippen LogP contribution in [0, 0.1) is 0 Å². The van der Waals surface area contributed by atoms with E-state index in [2.05, 4.69) is 15.2 Å². The van der Waals surface area contributed by atoms with Gasteiger partial charge in [0.2, 0.25) is 5.91 Å². The maximum atomic E-state index is 12.6. The number of esters is 1. The van der Waals surface area contributed by atoms with Crippen LogP contribution in [0.1, 0.15) is 37.7 Å². The number of H-pyrrole nitrogens is 1. The zero-order valence-corrected chi connectivity index (χ0v) is 16.1. The van der Waals surface area contributed by atoms with Crippen LogP contribution >= 0.6 is 0 Å². The summed E-state index contributed by atoms with van der Waals surface area (Å²) in [7, 11) is 0. The molecule has 0 bridgehead atoms. The predicted molar refractivity (Wildman–Crippen MR) is 104 cm³/mol. The van der Waals surface area contributed by atoms with Crippen LogP contribution in [0.5, 0.6) is 0 Å². The van der Waals surface area contributed by atoms with Crippen LogP contribution in [0.4, 0.5) is 5.69 Å². The molecule has 1 aliphatic heterocycles. The number of hydrogen-bond donors (Lipinski definition) is 2. The lowest BCUT2D eigenvalue weighted by atomic mass is 10.2. The van der Waals surface area contributed by atoms with Gasteiger partial charge in [0.1, 0.15) is 5.69 Å². The SMILES string of the molecule is CCOC(=O)c1[nH]c2ccccc2c1NC(=O)CCN1C[C@@H](C)O[C@@H](C)C1. The molecule has 7 heteroatoms. The molecule has 2 N–H and O–H groups in total. The first-order valence-electron chi connectivity index (χ1n) is 9.43. The van der Waals surface area contributed by atoms with Gasteiger partial charge in [-0.2, -0.15) is 0 Å². The maximum absolute atomic E-state index is 12.6. The number of ether oxygens (including phenoxy) is 2. The third kappa shape index (κ3) is 4.67. The smallest absolute Gasteiger partial charge is 0.356 e. The maximum Gasteiger partial charge on any atom is 0.356 e. The number of rotatable bonds is 6. The van der Waals surface area contributed by atoms with E-state index in [4.69, 9.17) is 9.47 Å². The van der Waals surface area contributed by atoms with Crippen molar-refractivity contribution in [1.82, 2.24) is 9.88 Å². The van der Waals surface area contributed by atoms with Gasteiger partial charge in [-0.25, -0.2) is 4.79 Å². The zero-order chi connectivity index (χ0) is 19.4. The van der Waals surface area contributed by atoms with Crippen LogP contribution in [-0.4, -0.2) is 60.2 Å². The van der Waals surface area contributed by atoms with Crippen molar-refractivity contribution < 1.29 is 19.1 Å². The molecule has 1 aliphatic rings. The number of nitrogens with one attached hydrogen (secondary N) is 2. The van der Waals surface area contributed by atoms with Gasteiger partial charge in [-0.15, -0.1) is 0 Å². The Labute approximate surface area is 159 Å². The highest BCUT2D eigenvalue weighted by molar-refractivity contribution is 6.10. The van der Waals surface area contributed by atoms with Gasteiger partial charge in [-0.3, -0.25) is 9.69 Å². The number of fused-ring (bicyclic) bond motifs is 1. The van der Waals surface area contributed by atoms with Crippen LogP contribution in [0.2, 0.25) is 0 Å². The second kappa shape index (κ2) is 8.54. The molecule has 1 amide bonds. The van der Waals surface area contributed by atoms with Crippen molar-refractivity contribution in [3.63, 3.8) is 0 Å². The highest BCUT2D eigenvalue weighted by Gasteiger charge is 2.24. The predicted octanol–water partition coefficient (Wildman–Crippen LogP) is 2.78. The summed E-state index contributed by atoms with van der Waals surface area (Å²) in [4.78, 5) is 30.1. The number of nitrogens with zero attached hydrogens (tertiary/aromatic N) is 1. The summed E-state index contributed by atoms with van der Waals surface area (Å²) in [5.41, 5.74) is 1.55. The number of para-hydroxylation sites is 1. The first kappa shape index (κ1) is 19.4. The van der Waals surface area contributed by atoms with E-state index in [9.17, 15) is 9.59 Å². The van der Waals surface area contributed by atoms with Gasteiger partial charge in [-0.05, 0) is 26.8 Å². The van der Waals surface area contributed by atoms with E-state index in [1.165, 1.54) is 0 Å². The van der Waals surface area contributed by atoms with Crippen molar-refractivity contribution >= 4 is 28.5 Å². The van der Waals surface area contributed by atoms with E-state index >= 15 is 0 Å². The molecular weight excluding hydrogens is 346 g/mol. The molecule has 1 saturated heterocycles. The van der Waals surface area contributed by atoms with Crippen molar-refractivity contribution in [2.45, 2.75) is 39.4 Å². The number of aromatic amines is 1. The number of benzene rings is 1. The summed E-state index contributed by atoms with van der Waals surface area (Å²) in [6, 6.07) is 7.48. The van der Waals surface area contributed by atoms with Crippen LogP contribution < -0.4 is 5.32 Å². The molecule has 0 unspecified atom stereocenters. The molecule has 0 aliphatic carbocycles. The Kier molecular flexibility index (Phi) is 6.13. The number of anilines is 1.